The summed E-state index contributed by atoms with van der Waals surface area (Å²) in [5.74, 6) is 1.70. The van der Waals surface area contributed by atoms with E-state index in [2.05, 4.69) is 62.4 Å². The largest absolute Gasteiger partial charge is 0.441 e. The first kappa shape index (κ1) is 18.0. The first-order valence-corrected chi connectivity index (χ1v) is 10.0. The van der Waals surface area contributed by atoms with Gasteiger partial charge in [-0.15, -0.1) is 0 Å². The Hall–Kier alpha value is -2.39. The summed E-state index contributed by atoms with van der Waals surface area (Å²) in [6, 6.07) is 17.1. The van der Waals surface area contributed by atoms with Gasteiger partial charge in [-0.1, -0.05) is 50.2 Å². The Morgan fingerprint density at radius 2 is 1.67 bits per heavy atom. The second-order valence-electron chi connectivity index (χ2n) is 7.21. The van der Waals surface area contributed by atoms with E-state index in [4.69, 9.17) is 14.1 Å². The van der Waals surface area contributed by atoms with Gasteiger partial charge >= 0.3 is 0 Å². The highest BCUT2D eigenvalue weighted by Gasteiger charge is 2.21. The summed E-state index contributed by atoms with van der Waals surface area (Å²) in [6.45, 7) is 4.96. The Balaban J connectivity index is 1.38. The van der Waals surface area contributed by atoms with Crippen LogP contribution in [-0.2, 0) is 36.8 Å². The monoisotopic (exact) mass is 361 g/mol. The smallest absolute Gasteiger partial charge is 0.226 e. The molecule has 0 spiro atoms. The summed E-state index contributed by atoms with van der Waals surface area (Å²) >= 11 is 0. The first-order chi connectivity index (χ1) is 13.3. The average Bonchev–Trinajstić information content (AvgIpc) is 3.31. The van der Waals surface area contributed by atoms with Crippen LogP contribution in [-0.4, -0.2) is 17.7 Å². The molecule has 3 aromatic rings. The Morgan fingerprint density at radius 1 is 0.963 bits per heavy atom. The molecule has 27 heavy (non-hydrogen) atoms. The van der Waals surface area contributed by atoms with Crippen molar-refractivity contribution in [1.29, 1.82) is 0 Å². The molecular formula is C24H27NO2. The second kappa shape index (κ2) is 8.10. The van der Waals surface area contributed by atoms with Crippen LogP contribution in [0.15, 0.2) is 52.9 Å². The number of aromatic nitrogens is 1. The predicted molar refractivity (Wildman–Crippen MR) is 108 cm³/mol. The van der Waals surface area contributed by atoms with Crippen LogP contribution in [0.5, 0.6) is 0 Å². The van der Waals surface area contributed by atoms with Crippen LogP contribution in [0.4, 0.5) is 0 Å². The fourth-order valence-corrected chi connectivity index (χ4v) is 3.82. The summed E-state index contributed by atoms with van der Waals surface area (Å²) < 4.78 is 12.2. The Kier molecular flexibility index (Phi) is 5.40. The molecular weight excluding hydrogens is 334 g/mol. The Morgan fingerprint density at radius 3 is 2.30 bits per heavy atom. The molecule has 0 atom stereocenters. The van der Waals surface area contributed by atoms with E-state index in [9.17, 15) is 0 Å². The number of nitrogens with zero attached hydrogens (tertiary/aromatic N) is 1. The fraction of sp³-hybridized carbons (Fsp3) is 0.375. The predicted octanol–water partition coefficient (Wildman–Crippen LogP) is 5.19. The van der Waals surface area contributed by atoms with Gasteiger partial charge in [0.2, 0.25) is 5.89 Å². The molecule has 0 bridgehead atoms. The maximum atomic E-state index is 6.15. The summed E-state index contributed by atoms with van der Waals surface area (Å²) in [4.78, 5) is 4.76. The SMILES string of the molecule is CCc1ccc(-c2nc(CCOC3Cc4ccccc4C3)c(CC)o2)cc1. The van der Waals surface area contributed by atoms with Crippen LogP contribution in [0.25, 0.3) is 11.5 Å². The van der Waals surface area contributed by atoms with Crippen molar-refractivity contribution >= 4 is 0 Å². The molecule has 0 saturated carbocycles. The third kappa shape index (κ3) is 3.98. The Labute approximate surface area is 161 Å². The van der Waals surface area contributed by atoms with Crippen molar-refractivity contribution < 1.29 is 9.15 Å². The molecule has 1 heterocycles. The van der Waals surface area contributed by atoms with Crippen LogP contribution in [0.2, 0.25) is 0 Å². The number of oxazole rings is 1. The quantitative estimate of drug-likeness (QED) is 0.581. The molecule has 1 aliphatic rings. The summed E-state index contributed by atoms with van der Waals surface area (Å²) in [6.07, 6.45) is 5.02. The molecule has 1 aromatic heterocycles. The van der Waals surface area contributed by atoms with Gasteiger partial charge in [0.05, 0.1) is 18.4 Å². The number of rotatable bonds is 7. The molecule has 1 aliphatic carbocycles. The van der Waals surface area contributed by atoms with Gasteiger partial charge in [0.15, 0.2) is 0 Å². The lowest BCUT2D eigenvalue weighted by molar-refractivity contribution is 0.0625. The molecule has 0 radical (unpaired) electrons. The minimum atomic E-state index is 0.292. The molecule has 0 amide bonds. The summed E-state index contributed by atoms with van der Waals surface area (Å²) in [5.41, 5.74) is 6.25. The van der Waals surface area contributed by atoms with Crippen LogP contribution in [0.3, 0.4) is 0 Å². The zero-order valence-electron chi connectivity index (χ0n) is 16.2. The van der Waals surface area contributed by atoms with E-state index >= 15 is 0 Å². The standard InChI is InChI=1S/C24H27NO2/c1-3-17-9-11-18(12-10-17)24-25-22(23(4-2)27-24)13-14-26-21-15-19-7-5-6-8-20(19)16-21/h5-12,21H,3-4,13-16H2,1-2H3. The van der Waals surface area contributed by atoms with E-state index < -0.39 is 0 Å². The van der Waals surface area contributed by atoms with Crippen LogP contribution in [0.1, 0.15) is 42.0 Å². The van der Waals surface area contributed by atoms with Gasteiger partial charge in [0, 0.05) is 18.4 Å². The van der Waals surface area contributed by atoms with Crippen LogP contribution in [0, 0.1) is 0 Å². The van der Waals surface area contributed by atoms with Gasteiger partial charge in [-0.3, -0.25) is 0 Å². The number of aryl methyl sites for hydroxylation is 2. The minimum absolute atomic E-state index is 0.292. The van der Waals surface area contributed by atoms with Crippen molar-refractivity contribution in [3.05, 3.63) is 76.7 Å². The van der Waals surface area contributed by atoms with Gasteiger partial charge in [0.1, 0.15) is 5.76 Å². The summed E-state index contributed by atoms with van der Waals surface area (Å²) in [7, 11) is 0. The maximum Gasteiger partial charge on any atom is 0.226 e. The molecule has 3 nitrogen and oxygen atoms in total. The number of benzene rings is 2. The highest BCUT2D eigenvalue weighted by atomic mass is 16.5. The molecule has 0 aliphatic heterocycles. The van der Waals surface area contributed by atoms with Crippen molar-refractivity contribution in [3.8, 4) is 11.5 Å². The average molecular weight is 361 g/mol. The van der Waals surface area contributed by atoms with E-state index in [-0.39, 0.29) is 0 Å². The van der Waals surface area contributed by atoms with Crippen molar-refractivity contribution in [2.24, 2.45) is 0 Å². The highest BCUT2D eigenvalue weighted by molar-refractivity contribution is 5.54. The van der Waals surface area contributed by atoms with Crippen LogP contribution < -0.4 is 0 Å². The topological polar surface area (TPSA) is 35.3 Å². The van der Waals surface area contributed by atoms with Gasteiger partial charge in [-0.25, -0.2) is 4.98 Å². The third-order valence-electron chi connectivity index (χ3n) is 5.41. The maximum absolute atomic E-state index is 6.15. The normalized spacial score (nSPS) is 13.9. The Bertz CT molecular complexity index is 870. The van der Waals surface area contributed by atoms with E-state index in [1.807, 2.05) is 0 Å². The first-order valence-electron chi connectivity index (χ1n) is 10.0. The van der Waals surface area contributed by atoms with E-state index in [1.54, 1.807) is 0 Å². The van der Waals surface area contributed by atoms with Gasteiger partial charge in [-0.05, 0) is 48.1 Å². The molecule has 0 saturated heterocycles. The molecule has 3 heteroatoms. The molecule has 0 N–H and O–H groups in total. The zero-order chi connectivity index (χ0) is 18.6. The lowest BCUT2D eigenvalue weighted by atomic mass is 10.1. The summed E-state index contributed by atoms with van der Waals surface area (Å²) in [5, 5.41) is 0. The van der Waals surface area contributed by atoms with Gasteiger partial charge < -0.3 is 9.15 Å². The zero-order valence-corrected chi connectivity index (χ0v) is 16.2. The molecule has 0 fully saturated rings. The van der Waals surface area contributed by atoms with Crippen LogP contribution >= 0.6 is 0 Å². The lowest BCUT2D eigenvalue weighted by Crippen LogP contribution is -2.15. The highest BCUT2D eigenvalue weighted by Crippen LogP contribution is 2.26. The van der Waals surface area contributed by atoms with Crippen molar-refractivity contribution in [3.63, 3.8) is 0 Å². The third-order valence-corrected chi connectivity index (χ3v) is 5.41. The number of ether oxygens (including phenoxy) is 1. The van der Waals surface area contributed by atoms with Crippen molar-refractivity contribution in [2.75, 3.05) is 6.61 Å². The molecule has 0 unspecified atom stereocenters. The van der Waals surface area contributed by atoms with Gasteiger partial charge in [-0.2, -0.15) is 0 Å². The lowest BCUT2D eigenvalue weighted by Gasteiger charge is -2.10. The molecule has 4 rings (SSSR count). The van der Waals surface area contributed by atoms with E-state index in [0.717, 1.165) is 55.0 Å². The fourth-order valence-electron chi connectivity index (χ4n) is 3.82. The number of fused-ring (bicyclic) bond motifs is 1. The van der Waals surface area contributed by atoms with Crippen molar-refractivity contribution in [2.45, 2.75) is 52.1 Å². The minimum Gasteiger partial charge on any atom is -0.441 e. The van der Waals surface area contributed by atoms with E-state index in [0.29, 0.717) is 12.7 Å². The second-order valence-corrected chi connectivity index (χ2v) is 7.21. The van der Waals surface area contributed by atoms with Crippen molar-refractivity contribution in [1.82, 2.24) is 4.98 Å². The molecule has 140 valence electrons. The number of hydrogen-bond acceptors (Lipinski definition) is 3. The number of hydrogen-bond donors (Lipinski definition) is 0. The molecule has 2 aromatic carbocycles. The van der Waals surface area contributed by atoms with E-state index in [1.165, 1.54) is 16.7 Å². The van der Waals surface area contributed by atoms with Gasteiger partial charge in [0.25, 0.3) is 0 Å².